The lowest BCUT2D eigenvalue weighted by Crippen LogP contribution is -2.39. The molecule has 92 valence electrons. The van der Waals surface area contributed by atoms with Crippen LogP contribution in [0.1, 0.15) is 41.0 Å². The SMILES string of the molecule is C=C(/C=C\C)C(CC)NC(=O)OC(C)(C)C. The van der Waals surface area contributed by atoms with Crippen molar-refractivity contribution in [2.75, 3.05) is 0 Å². The van der Waals surface area contributed by atoms with E-state index >= 15 is 0 Å². The van der Waals surface area contributed by atoms with Crippen LogP contribution in [0.2, 0.25) is 0 Å². The summed E-state index contributed by atoms with van der Waals surface area (Å²) in [5.74, 6) is 0. The maximum absolute atomic E-state index is 11.5. The van der Waals surface area contributed by atoms with E-state index in [-0.39, 0.29) is 6.04 Å². The normalized spacial score (nSPS) is 13.6. The Bertz CT molecular complexity index is 274. The quantitative estimate of drug-likeness (QED) is 0.744. The zero-order valence-electron chi connectivity index (χ0n) is 11.0. The molecule has 1 N–H and O–H groups in total. The number of nitrogens with one attached hydrogen (secondary N) is 1. The molecule has 3 heteroatoms. The van der Waals surface area contributed by atoms with E-state index in [0.29, 0.717) is 0 Å². The van der Waals surface area contributed by atoms with E-state index in [1.165, 1.54) is 0 Å². The fourth-order valence-corrected chi connectivity index (χ4v) is 1.24. The summed E-state index contributed by atoms with van der Waals surface area (Å²) >= 11 is 0. The van der Waals surface area contributed by atoms with Gasteiger partial charge >= 0.3 is 6.09 Å². The standard InChI is InChI=1S/C13H23NO2/c1-7-9-10(3)11(8-2)14-12(15)16-13(4,5)6/h7,9,11H,3,8H2,1-2,4-6H3,(H,14,15)/b9-7-. The van der Waals surface area contributed by atoms with Gasteiger partial charge in [0.2, 0.25) is 0 Å². The van der Waals surface area contributed by atoms with E-state index in [2.05, 4.69) is 11.9 Å². The molecule has 1 atom stereocenters. The summed E-state index contributed by atoms with van der Waals surface area (Å²) in [5.41, 5.74) is 0.417. The van der Waals surface area contributed by atoms with Gasteiger partial charge in [0, 0.05) is 0 Å². The summed E-state index contributed by atoms with van der Waals surface area (Å²) in [6, 6.07) is -0.0638. The van der Waals surface area contributed by atoms with Crippen LogP contribution < -0.4 is 5.32 Å². The Balaban J connectivity index is 4.33. The van der Waals surface area contributed by atoms with E-state index in [0.717, 1.165) is 12.0 Å². The van der Waals surface area contributed by atoms with Crippen molar-refractivity contribution in [2.24, 2.45) is 0 Å². The fraction of sp³-hybridized carbons (Fsp3) is 0.615. The predicted molar refractivity (Wildman–Crippen MR) is 67.4 cm³/mol. The minimum atomic E-state index is -0.468. The molecular formula is C13H23NO2. The molecule has 0 aliphatic carbocycles. The number of amides is 1. The number of allylic oxidation sites excluding steroid dienone is 1. The molecule has 0 heterocycles. The third kappa shape index (κ3) is 6.27. The molecule has 1 amide bonds. The van der Waals surface area contributed by atoms with Crippen LogP contribution >= 0.6 is 0 Å². The second kappa shape index (κ2) is 6.36. The Kier molecular flexibility index (Phi) is 5.86. The summed E-state index contributed by atoms with van der Waals surface area (Å²) in [6.45, 7) is 13.4. The molecule has 0 rings (SSSR count). The van der Waals surface area contributed by atoms with Crippen molar-refractivity contribution < 1.29 is 9.53 Å². The number of ether oxygens (including phenoxy) is 1. The molecule has 0 saturated carbocycles. The van der Waals surface area contributed by atoms with Crippen molar-refractivity contribution in [3.63, 3.8) is 0 Å². The molecule has 0 aliphatic heterocycles. The Labute approximate surface area is 98.6 Å². The Hall–Kier alpha value is -1.25. The molecule has 16 heavy (non-hydrogen) atoms. The Morgan fingerprint density at radius 3 is 2.44 bits per heavy atom. The minimum absolute atomic E-state index is 0.0638. The summed E-state index contributed by atoms with van der Waals surface area (Å²) < 4.78 is 5.18. The zero-order chi connectivity index (χ0) is 12.8. The van der Waals surface area contributed by atoms with Crippen LogP contribution in [-0.4, -0.2) is 17.7 Å². The van der Waals surface area contributed by atoms with Crippen molar-refractivity contribution in [1.29, 1.82) is 0 Å². The van der Waals surface area contributed by atoms with Crippen molar-refractivity contribution in [1.82, 2.24) is 5.32 Å². The van der Waals surface area contributed by atoms with E-state index in [1.54, 1.807) is 0 Å². The van der Waals surface area contributed by atoms with Gasteiger partial charge in [-0.25, -0.2) is 4.79 Å². The van der Waals surface area contributed by atoms with Gasteiger partial charge in [0.1, 0.15) is 5.60 Å². The van der Waals surface area contributed by atoms with Crippen LogP contribution in [0.4, 0.5) is 4.79 Å². The van der Waals surface area contributed by atoms with Crippen LogP contribution in [0.15, 0.2) is 24.3 Å². The molecule has 0 spiro atoms. The zero-order valence-corrected chi connectivity index (χ0v) is 11.0. The van der Waals surface area contributed by atoms with E-state index < -0.39 is 11.7 Å². The van der Waals surface area contributed by atoms with Crippen LogP contribution in [0.3, 0.4) is 0 Å². The topological polar surface area (TPSA) is 38.3 Å². The van der Waals surface area contributed by atoms with Crippen molar-refractivity contribution in [3.8, 4) is 0 Å². The van der Waals surface area contributed by atoms with E-state index in [1.807, 2.05) is 46.8 Å². The predicted octanol–water partition coefficient (Wildman–Crippen LogP) is 3.42. The molecule has 0 fully saturated rings. The molecule has 0 aromatic heterocycles. The molecule has 1 unspecified atom stereocenters. The van der Waals surface area contributed by atoms with Gasteiger partial charge in [-0.3, -0.25) is 0 Å². The molecule has 0 aromatic rings. The first kappa shape index (κ1) is 14.8. The first-order valence-electron chi connectivity index (χ1n) is 5.61. The molecule has 0 saturated heterocycles. The van der Waals surface area contributed by atoms with Crippen LogP contribution in [0.25, 0.3) is 0 Å². The molecule has 3 nitrogen and oxygen atoms in total. The smallest absolute Gasteiger partial charge is 0.408 e. The lowest BCUT2D eigenvalue weighted by molar-refractivity contribution is 0.0512. The van der Waals surface area contributed by atoms with Gasteiger partial charge in [-0.2, -0.15) is 0 Å². The number of carbonyl (C=O) groups is 1. The summed E-state index contributed by atoms with van der Waals surface area (Å²) in [6.07, 6.45) is 4.19. The van der Waals surface area contributed by atoms with Gasteiger partial charge < -0.3 is 10.1 Å². The van der Waals surface area contributed by atoms with Crippen molar-refractivity contribution in [2.45, 2.75) is 52.7 Å². The van der Waals surface area contributed by atoms with Gasteiger partial charge in [0.25, 0.3) is 0 Å². The lowest BCUT2D eigenvalue weighted by Gasteiger charge is -2.23. The molecule has 0 aromatic carbocycles. The van der Waals surface area contributed by atoms with Gasteiger partial charge in [0.05, 0.1) is 6.04 Å². The summed E-state index contributed by atoms with van der Waals surface area (Å²) in [4.78, 5) is 11.5. The molecule has 0 aliphatic rings. The van der Waals surface area contributed by atoms with Gasteiger partial charge in [0.15, 0.2) is 0 Å². The first-order chi connectivity index (χ1) is 7.30. The third-order valence-electron chi connectivity index (χ3n) is 1.93. The maximum atomic E-state index is 11.5. The van der Waals surface area contributed by atoms with E-state index in [4.69, 9.17) is 4.74 Å². The maximum Gasteiger partial charge on any atom is 0.408 e. The highest BCUT2D eigenvalue weighted by Gasteiger charge is 2.19. The number of hydrogen-bond acceptors (Lipinski definition) is 2. The average Bonchev–Trinajstić information content (AvgIpc) is 2.11. The number of carbonyl (C=O) groups excluding carboxylic acids is 1. The average molecular weight is 225 g/mol. The van der Waals surface area contributed by atoms with Crippen LogP contribution in [-0.2, 0) is 4.74 Å². The van der Waals surface area contributed by atoms with Crippen molar-refractivity contribution >= 4 is 6.09 Å². The lowest BCUT2D eigenvalue weighted by atomic mass is 10.1. The molecule has 0 bridgehead atoms. The largest absolute Gasteiger partial charge is 0.444 e. The third-order valence-corrected chi connectivity index (χ3v) is 1.93. The van der Waals surface area contributed by atoms with Crippen molar-refractivity contribution in [3.05, 3.63) is 24.3 Å². The highest BCUT2D eigenvalue weighted by atomic mass is 16.6. The molecule has 0 radical (unpaired) electrons. The van der Waals surface area contributed by atoms with Gasteiger partial charge in [-0.15, -0.1) is 0 Å². The minimum Gasteiger partial charge on any atom is -0.444 e. The summed E-state index contributed by atoms with van der Waals surface area (Å²) in [7, 11) is 0. The highest BCUT2D eigenvalue weighted by molar-refractivity contribution is 5.68. The Morgan fingerprint density at radius 1 is 1.50 bits per heavy atom. The fourth-order valence-electron chi connectivity index (χ4n) is 1.24. The number of hydrogen-bond donors (Lipinski definition) is 1. The summed E-state index contributed by atoms with van der Waals surface area (Å²) in [5, 5.41) is 2.80. The van der Waals surface area contributed by atoms with Gasteiger partial charge in [-0.1, -0.05) is 25.7 Å². The molecular weight excluding hydrogens is 202 g/mol. The van der Waals surface area contributed by atoms with E-state index in [9.17, 15) is 4.79 Å². The highest BCUT2D eigenvalue weighted by Crippen LogP contribution is 2.10. The van der Waals surface area contributed by atoms with Crippen LogP contribution in [0.5, 0.6) is 0 Å². The first-order valence-corrected chi connectivity index (χ1v) is 5.61. The second-order valence-corrected chi connectivity index (χ2v) is 4.68. The Morgan fingerprint density at radius 2 is 2.06 bits per heavy atom. The van der Waals surface area contributed by atoms with Gasteiger partial charge in [-0.05, 0) is 39.7 Å². The number of alkyl carbamates (subject to hydrolysis) is 1. The monoisotopic (exact) mass is 225 g/mol. The van der Waals surface area contributed by atoms with Crippen LogP contribution in [0, 0.1) is 0 Å². The second-order valence-electron chi connectivity index (χ2n) is 4.68. The number of rotatable bonds is 4.